The van der Waals surface area contributed by atoms with Crippen LogP contribution in [0.25, 0.3) is 0 Å². The first-order valence-electron chi connectivity index (χ1n) is 6.72. The normalized spacial score (nSPS) is 23.1. The number of anilines is 2. The van der Waals surface area contributed by atoms with Crippen molar-refractivity contribution in [2.45, 2.75) is 46.2 Å². The molecule has 0 aromatic carbocycles. The molecular formula is C13H22N4OS. The summed E-state index contributed by atoms with van der Waals surface area (Å²) in [5, 5.41) is 3.91. The number of likely N-dealkylation sites (tertiary alicyclic amines) is 1. The summed E-state index contributed by atoms with van der Waals surface area (Å²) in [5.41, 5.74) is 5.88. The molecule has 3 N–H and O–H groups in total. The Labute approximate surface area is 118 Å². The molecule has 1 aromatic heterocycles. The third kappa shape index (κ3) is 3.00. The molecule has 1 amide bonds. The van der Waals surface area contributed by atoms with Crippen LogP contribution in [0.3, 0.4) is 0 Å². The van der Waals surface area contributed by atoms with Gasteiger partial charge in [0.15, 0.2) is 5.13 Å². The molecule has 0 aliphatic carbocycles. The molecule has 5 nitrogen and oxygen atoms in total. The second kappa shape index (κ2) is 5.36. The zero-order chi connectivity index (χ0) is 14.2. The minimum absolute atomic E-state index is 0.0173. The van der Waals surface area contributed by atoms with Crippen molar-refractivity contribution in [3.63, 3.8) is 0 Å². The van der Waals surface area contributed by atoms with Gasteiger partial charge in [0.2, 0.25) is 0 Å². The lowest BCUT2D eigenvalue weighted by molar-refractivity contribution is 0.0749. The lowest BCUT2D eigenvalue weighted by Gasteiger charge is -2.20. The summed E-state index contributed by atoms with van der Waals surface area (Å²) in [6.07, 6.45) is 1.06. The van der Waals surface area contributed by atoms with Crippen molar-refractivity contribution >= 4 is 28.2 Å². The van der Waals surface area contributed by atoms with Crippen molar-refractivity contribution in [1.82, 2.24) is 9.88 Å². The van der Waals surface area contributed by atoms with Crippen LogP contribution in [-0.4, -0.2) is 34.4 Å². The second-order valence-electron chi connectivity index (χ2n) is 5.68. The van der Waals surface area contributed by atoms with Crippen LogP contribution in [0.4, 0.5) is 10.9 Å². The first-order valence-corrected chi connectivity index (χ1v) is 7.54. The maximum atomic E-state index is 12.5. The molecule has 106 valence electrons. The Bertz CT molecular complexity index is 471. The molecule has 1 aliphatic heterocycles. The summed E-state index contributed by atoms with van der Waals surface area (Å²) in [7, 11) is 0. The van der Waals surface area contributed by atoms with Gasteiger partial charge in [-0.2, -0.15) is 0 Å². The van der Waals surface area contributed by atoms with E-state index in [9.17, 15) is 4.79 Å². The third-order valence-corrected chi connectivity index (χ3v) is 4.29. The molecule has 1 saturated heterocycles. The van der Waals surface area contributed by atoms with E-state index in [4.69, 9.17) is 5.73 Å². The summed E-state index contributed by atoms with van der Waals surface area (Å²) in [6.45, 7) is 9.13. The molecule has 0 bridgehead atoms. The van der Waals surface area contributed by atoms with Gasteiger partial charge in [0.25, 0.3) is 5.91 Å². The van der Waals surface area contributed by atoms with Crippen molar-refractivity contribution in [2.24, 2.45) is 5.92 Å². The van der Waals surface area contributed by atoms with Crippen LogP contribution in [0, 0.1) is 5.92 Å². The van der Waals surface area contributed by atoms with Gasteiger partial charge in [-0.25, -0.2) is 4.98 Å². The van der Waals surface area contributed by atoms with Gasteiger partial charge in [0.05, 0.1) is 0 Å². The zero-order valence-electron chi connectivity index (χ0n) is 11.9. The van der Waals surface area contributed by atoms with Crippen molar-refractivity contribution in [3.8, 4) is 0 Å². The van der Waals surface area contributed by atoms with Crippen molar-refractivity contribution in [1.29, 1.82) is 0 Å². The minimum Gasteiger partial charge on any atom is -0.382 e. The predicted octanol–water partition coefficient (Wildman–Crippen LogP) is 2.42. The average Bonchev–Trinajstić information content (AvgIpc) is 2.80. The predicted molar refractivity (Wildman–Crippen MR) is 79.6 cm³/mol. The number of hydrogen-bond acceptors (Lipinski definition) is 5. The van der Waals surface area contributed by atoms with E-state index in [0.29, 0.717) is 16.6 Å². The zero-order valence-corrected chi connectivity index (χ0v) is 12.8. The standard InChI is InChI=1S/C13H22N4OS/c1-7(2)15-13-16-11(14)10(19-13)12(18)17-6-8(3)5-9(17)4/h7-9H,5-6,14H2,1-4H3,(H,15,16). The van der Waals surface area contributed by atoms with Crippen LogP contribution in [0.15, 0.2) is 0 Å². The summed E-state index contributed by atoms with van der Waals surface area (Å²) in [4.78, 5) is 19.2. The van der Waals surface area contributed by atoms with Gasteiger partial charge in [0.1, 0.15) is 10.7 Å². The maximum Gasteiger partial charge on any atom is 0.268 e. The fourth-order valence-electron chi connectivity index (χ4n) is 2.51. The molecule has 1 fully saturated rings. The van der Waals surface area contributed by atoms with E-state index in [-0.39, 0.29) is 18.0 Å². The van der Waals surface area contributed by atoms with Gasteiger partial charge in [-0.05, 0) is 33.1 Å². The number of rotatable bonds is 3. The number of thiazole rings is 1. The van der Waals surface area contributed by atoms with Crippen LogP contribution >= 0.6 is 11.3 Å². The number of carbonyl (C=O) groups excluding carboxylic acids is 1. The SMILES string of the molecule is CC1CC(C)N(C(=O)c2sc(NC(C)C)nc2N)C1. The smallest absolute Gasteiger partial charge is 0.268 e. The van der Waals surface area contributed by atoms with Crippen LogP contribution in [0.1, 0.15) is 43.8 Å². The van der Waals surface area contributed by atoms with Gasteiger partial charge in [-0.3, -0.25) is 4.79 Å². The Kier molecular flexibility index (Phi) is 3.99. The lowest BCUT2D eigenvalue weighted by Crippen LogP contribution is -2.33. The highest BCUT2D eigenvalue weighted by Crippen LogP contribution is 2.30. The highest BCUT2D eigenvalue weighted by molar-refractivity contribution is 7.18. The molecule has 0 radical (unpaired) electrons. The molecule has 0 saturated carbocycles. The van der Waals surface area contributed by atoms with Crippen LogP contribution in [0.5, 0.6) is 0 Å². The van der Waals surface area contributed by atoms with Gasteiger partial charge in [-0.15, -0.1) is 0 Å². The van der Waals surface area contributed by atoms with Crippen LogP contribution in [-0.2, 0) is 0 Å². The Morgan fingerprint density at radius 1 is 1.53 bits per heavy atom. The van der Waals surface area contributed by atoms with Gasteiger partial charge in [0, 0.05) is 18.6 Å². The maximum absolute atomic E-state index is 12.5. The highest BCUT2D eigenvalue weighted by atomic mass is 32.1. The quantitative estimate of drug-likeness (QED) is 0.893. The monoisotopic (exact) mass is 282 g/mol. The Morgan fingerprint density at radius 2 is 2.21 bits per heavy atom. The fraction of sp³-hybridized carbons (Fsp3) is 0.692. The summed E-state index contributed by atoms with van der Waals surface area (Å²) < 4.78 is 0. The first-order chi connectivity index (χ1) is 8.88. The average molecular weight is 282 g/mol. The largest absolute Gasteiger partial charge is 0.382 e. The van der Waals surface area contributed by atoms with E-state index < -0.39 is 0 Å². The fourth-order valence-corrected chi connectivity index (χ4v) is 3.49. The van der Waals surface area contributed by atoms with Crippen molar-refractivity contribution in [2.75, 3.05) is 17.6 Å². The number of aromatic nitrogens is 1. The molecular weight excluding hydrogens is 260 g/mol. The number of hydrogen-bond donors (Lipinski definition) is 2. The van der Waals surface area contributed by atoms with Gasteiger partial charge >= 0.3 is 0 Å². The third-order valence-electron chi connectivity index (χ3n) is 3.30. The molecule has 2 rings (SSSR count). The number of nitrogens with one attached hydrogen (secondary N) is 1. The van der Waals surface area contributed by atoms with Crippen LogP contribution < -0.4 is 11.1 Å². The van der Waals surface area contributed by atoms with Gasteiger partial charge in [-0.1, -0.05) is 18.3 Å². The molecule has 0 spiro atoms. The van der Waals surface area contributed by atoms with E-state index in [1.54, 1.807) is 0 Å². The molecule has 2 atom stereocenters. The van der Waals surface area contributed by atoms with Crippen LogP contribution in [0.2, 0.25) is 0 Å². The van der Waals surface area contributed by atoms with Crippen molar-refractivity contribution in [3.05, 3.63) is 4.88 Å². The molecule has 1 aromatic rings. The van der Waals surface area contributed by atoms with Gasteiger partial charge < -0.3 is 16.0 Å². The first kappa shape index (κ1) is 14.1. The molecule has 2 heterocycles. The number of nitrogens with two attached hydrogens (primary N) is 1. The summed E-state index contributed by atoms with van der Waals surface area (Å²) in [6, 6.07) is 0.560. The lowest BCUT2D eigenvalue weighted by atomic mass is 10.1. The minimum atomic E-state index is 0.0173. The Morgan fingerprint density at radius 3 is 2.74 bits per heavy atom. The Hall–Kier alpha value is -1.30. The van der Waals surface area contributed by atoms with Crippen molar-refractivity contribution < 1.29 is 4.79 Å². The molecule has 2 unspecified atom stereocenters. The second-order valence-corrected chi connectivity index (χ2v) is 6.68. The number of nitrogen functional groups attached to an aromatic ring is 1. The number of carbonyl (C=O) groups is 1. The molecule has 19 heavy (non-hydrogen) atoms. The van der Waals surface area contributed by atoms with E-state index in [0.717, 1.165) is 18.1 Å². The molecule has 6 heteroatoms. The van der Waals surface area contributed by atoms with E-state index in [1.807, 2.05) is 18.7 Å². The number of amides is 1. The van der Waals surface area contributed by atoms with E-state index in [1.165, 1.54) is 11.3 Å². The van der Waals surface area contributed by atoms with E-state index in [2.05, 4.69) is 24.1 Å². The Balaban J connectivity index is 2.17. The highest BCUT2D eigenvalue weighted by Gasteiger charge is 2.32. The molecule has 1 aliphatic rings. The topological polar surface area (TPSA) is 71.2 Å². The van der Waals surface area contributed by atoms with E-state index >= 15 is 0 Å². The summed E-state index contributed by atoms with van der Waals surface area (Å²) >= 11 is 1.35. The summed E-state index contributed by atoms with van der Waals surface area (Å²) in [5.74, 6) is 0.912. The number of nitrogens with zero attached hydrogens (tertiary/aromatic N) is 2.